The molecule has 3 atom stereocenters. The maximum absolute atomic E-state index is 15.3. The quantitative estimate of drug-likeness (QED) is 0.302. The SMILES string of the molecule is COC[C@]12C[C@H]1[C@@](C)(c1cc(Nc3ncnc4cc(OCc5nc(C)oc5C)cnc34)cc(F)c1F)N=C(N)S2. The van der Waals surface area contributed by atoms with Crippen LogP contribution in [0.5, 0.6) is 5.75 Å². The van der Waals surface area contributed by atoms with Gasteiger partial charge in [-0.15, -0.1) is 0 Å². The summed E-state index contributed by atoms with van der Waals surface area (Å²) in [6.45, 7) is 6.03. The van der Waals surface area contributed by atoms with E-state index in [1.54, 1.807) is 33.1 Å². The van der Waals surface area contributed by atoms with Gasteiger partial charge in [0.2, 0.25) is 0 Å². The molecule has 13 heteroatoms. The molecule has 6 rings (SSSR count). The molecule has 208 valence electrons. The van der Waals surface area contributed by atoms with Gasteiger partial charge in [0, 0.05) is 43.3 Å². The summed E-state index contributed by atoms with van der Waals surface area (Å²) in [5, 5.41) is 3.40. The number of halogens is 2. The van der Waals surface area contributed by atoms with E-state index < -0.39 is 17.2 Å². The van der Waals surface area contributed by atoms with E-state index in [4.69, 9.17) is 19.6 Å². The molecule has 1 saturated carbocycles. The molecule has 1 aromatic carbocycles. The maximum atomic E-state index is 15.3. The third-order valence-corrected chi connectivity index (χ3v) is 8.68. The van der Waals surface area contributed by atoms with Crippen LogP contribution in [0, 0.1) is 31.4 Å². The van der Waals surface area contributed by atoms with Crippen molar-refractivity contribution in [1.82, 2.24) is 19.9 Å². The second-order valence-electron chi connectivity index (χ2n) is 10.2. The van der Waals surface area contributed by atoms with Crippen LogP contribution >= 0.6 is 11.8 Å². The molecule has 0 bridgehead atoms. The minimum Gasteiger partial charge on any atom is -0.485 e. The molecule has 0 saturated heterocycles. The minimum absolute atomic E-state index is 0.0636. The normalized spacial score (nSPS) is 23.6. The Morgan fingerprint density at radius 1 is 1.20 bits per heavy atom. The molecule has 3 aromatic heterocycles. The lowest BCUT2D eigenvalue weighted by molar-refractivity contribution is 0.184. The number of amidine groups is 1. The average molecular weight is 568 g/mol. The monoisotopic (exact) mass is 567 g/mol. The number of aliphatic imine (C=N–C) groups is 1. The number of ether oxygens (including phenoxy) is 2. The van der Waals surface area contributed by atoms with Crippen molar-refractivity contribution in [2.24, 2.45) is 16.6 Å². The number of nitrogens with zero attached hydrogens (tertiary/aromatic N) is 5. The lowest BCUT2D eigenvalue weighted by atomic mass is 9.85. The summed E-state index contributed by atoms with van der Waals surface area (Å²) in [6, 6.07) is 4.35. The Labute approximate surface area is 232 Å². The van der Waals surface area contributed by atoms with E-state index in [1.807, 2.05) is 6.92 Å². The van der Waals surface area contributed by atoms with Crippen molar-refractivity contribution >= 4 is 39.5 Å². The predicted octanol–water partition coefficient (Wildman–Crippen LogP) is 4.91. The fraction of sp³-hybridized carbons (Fsp3) is 0.370. The van der Waals surface area contributed by atoms with E-state index in [0.29, 0.717) is 57.4 Å². The van der Waals surface area contributed by atoms with Crippen LogP contribution in [-0.4, -0.2) is 43.6 Å². The van der Waals surface area contributed by atoms with Crippen LogP contribution in [0.4, 0.5) is 20.3 Å². The number of benzene rings is 1. The van der Waals surface area contributed by atoms with E-state index in [9.17, 15) is 4.39 Å². The van der Waals surface area contributed by atoms with Gasteiger partial charge in [-0.05, 0) is 26.3 Å². The van der Waals surface area contributed by atoms with Crippen LogP contribution in [0.3, 0.4) is 0 Å². The number of anilines is 2. The highest BCUT2D eigenvalue weighted by Crippen LogP contribution is 2.66. The number of fused-ring (bicyclic) bond motifs is 2. The fourth-order valence-corrected chi connectivity index (χ4v) is 6.90. The van der Waals surface area contributed by atoms with E-state index in [2.05, 4.69) is 30.2 Å². The molecule has 4 heterocycles. The van der Waals surface area contributed by atoms with Crippen LogP contribution in [-0.2, 0) is 16.9 Å². The van der Waals surface area contributed by atoms with Gasteiger partial charge in [0.25, 0.3) is 0 Å². The third kappa shape index (κ3) is 4.52. The molecule has 10 nitrogen and oxygen atoms in total. The van der Waals surface area contributed by atoms with Gasteiger partial charge in [-0.2, -0.15) is 0 Å². The van der Waals surface area contributed by atoms with Crippen molar-refractivity contribution in [3.8, 4) is 5.75 Å². The molecular formula is C27H27F2N7O3S. The second-order valence-corrected chi connectivity index (χ2v) is 11.6. The van der Waals surface area contributed by atoms with Crippen molar-refractivity contribution in [3.63, 3.8) is 0 Å². The van der Waals surface area contributed by atoms with Crippen LogP contribution in [0.15, 0.2) is 40.1 Å². The Bertz CT molecular complexity index is 1660. The highest BCUT2D eigenvalue weighted by molar-refractivity contribution is 8.15. The molecule has 40 heavy (non-hydrogen) atoms. The van der Waals surface area contributed by atoms with Crippen molar-refractivity contribution in [2.45, 2.75) is 44.1 Å². The Morgan fingerprint density at radius 3 is 2.77 bits per heavy atom. The number of methoxy groups -OCH3 is 1. The lowest BCUT2D eigenvalue weighted by Gasteiger charge is -2.34. The van der Waals surface area contributed by atoms with Crippen LogP contribution in [0.2, 0.25) is 0 Å². The molecule has 0 radical (unpaired) electrons. The zero-order valence-corrected chi connectivity index (χ0v) is 23.1. The maximum Gasteiger partial charge on any atom is 0.191 e. The number of pyridine rings is 1. The summed E-state index contributed by atoms with van der Waals surface area (Å²) in [5.74, 6) is 0.0254. The van der Waals surface area contributed by atoms with Gasteiger partial charge < -0.3 is 24.9 Å². The van der Waals surface area contributed by atoms with Gasteiger partial charge in [0.05, 0.1) is 28.6 Å². The van der Waals surface area contributed by atoms with E-state index in [-0.39, 0.29) is 22.8 Å². The Balaban J connectivity index is 1.29. The van der Waals surface area contributed by atoms with Crippen molar-refractivity contribution < 1.29 is 22.7 Å². The molecule has 0 spiro atoms. The summed E-state index contributed by atoms with van der Waals surface area (Å²) >= 11 is 1.43. The first kappa shape index (κ1) is 26.4. The summed E-state index contributed by atoms with van der Waals surface area (Å²) in [6.07, 6.45) is 3.62. The van der Waals surface area contributed by atoms with Crippen LogP contribution < -0.4 is 15.8 Å². The predicted molar refractivity (Wildman–Crippen MR) is 147 cm³/mol. The number of hydrogen-bond acceptors (Lipinski definition) is 11. The van der Waals surface area contributed by atoms with Gasteiger partial charge >= 0.3 is 0 Å². The van der Waals surface area contributed by atoms with Crippen molar-refractivity contribution in [3.05, 3.63) is 65.3 Å². The Kier molecular flexibility index (Phi) is 6.37. The summed E-state index contributed by atoms with van der Waals surface area (Å²) < 4.78 is 46.6. The smallest absolute Gasteiger partial charge is 0.191 e. The van der Waals surface area contributed by atoms with Crippen LogP contribution in [0.1, 0.15) is 36.3 Å². The van der Waals surface area contributed by atoms with Crippen molar-refractivity contribution in [2.75, 3.05) is 19.0 Å². The average Bonchev–Trinajstić information content (AvgIpc) is 3.53. The first-order valence-corrected chi connectivity index (χ1v) is 13.4. The molecule has 1 fully saturated rings. The number of rotatable bonds is 8. The molecular weight excluding hydrogens is 540 g/mol. The van der Waals surface area contributed by atoms with E-state index >= 15 is 4.39 Å². The van der Waals surface area contributed by atoms with Crippen molar-refractivity contribution in [1.29, 1.82) is 0 Å². The number of thioether (sulfide) groups is 1. The molecule has 0 amide bonds. The minimum atomic E-state index is -1.06. The molecule has 1 aliphatic carbocycles. The summed E-state index contributed by atoms with van der Waals surface area (Å²) in [4.78, 5) is 21.9. The number of oxazole rings is 1. The number of aromatic nitrogens is 4. The second kappa shape index (κ2) is 9.66. The zero-order chi connectivity index (χ0) is 28.2. The first-order chi connectivity index (χ1) is 19.1. The number of aryl methyl sites for hydroxylation is 2. The molecule has 2 aliphatic rings. The highest BCUT2D eigenvalue weighted by Gasteiger charge is 2.66. The van der Waals surface area contributed by atoms with Gasteiger partial charge in [-0.3, -0.25) is 4.99 Å². The molecule has 1 aliphatic heterocycles. The van der Waals surface area contributed by atoms with E-state index in [0.717, 1.165) is 12.5 Å². The van der Waals surface area contributed by atoms with Gasteiger partial charge in [0.1, 0.15) is 35.7 Å². The lowest BCUT2D eigenvalue weighted by Crippen LogP contribution is -2.37. The molecule has 3 N–H and O–H groups in total. The van der Waals surface area contributed by atoms with Gasteiger partial charge in [0.15, 0.2) is 28.5 Å². The number of nitrogens with one attached hydrogen (secondary N) is 1. The number of nitrogens with two attached hydrogens (primary N) is 1. The highest BCUT2D eigenvalue weighted by atomic mass is 32.2. The summed E-state index contributed by atoms with van der Waals surface area (Å²) in [5.41, 5.74) is 7.12. The topological polar surface area (TPSA) is 134 Å². The Morgan fingerprint density at radius 2 is 2.02 bits per heavy atom. The Hall–Kier alpha value is -3.84. The standard InChI is InChI=1S/C27H27F2N7O3S/c1-13-20(34-14(2)39-13)10-38-16-7-19-23(31-9-16)24(33-12-32-19)35-15-5-17(22(29)18(28)6-15)26(3)21-8-27(21,11-37-4)40-25(30)36-26/h5-7,9,12,21H,8,10-11H2,1-4H3,(H2,30,36)(H,32,33,35)/t21-,26+,27+/m0/s1. The first-order valence-electron chi connectivity index (χ1n) is 12.6. The van der Waals surface area contributed by atoms with E-state index in [1.165, 1.54) is 24.3 Å². The van der Waals surface area contributed by atoms with Crippen LogP contribution in [0.25, 0.3) is 11.0 Å². The largest absolute Gasteiger partial charge is 0.485 e. The fourth-order valence-electron chi connectivity index (χ4n) is 5.45. The van der Waals surface area contributed by atoms with Gasteiger partial charge in [-0.1, -0.05) is 11.8 Å². The van der Waals surface area contributed by atoms with Gasteiger partial charge in [-0.25, -0.2) is 28.7 Å². The third-order valence-electron chi connectivity index (χ3n) is 7.40. The molecule has 4 aromatic rings. The number of hydrogen-bond donors (Lipinski definition) is 2. The zero-order valence-electron chi connectivity index (χ0n) is 22.3. The summed E-state index contributed by atoms with van der Waals surface area (Å²) in [7, 11) is 1.61. The molecule has 0 unspecified atom stereocenters.